The molecule has 3 atom stereocenters. The summed E-state index contributed by atoms with van der Waals surface area (Å²) in [5.41, 5.74) is 1.73. The van der Waals surface area contributed by atoms with Gasteiger partial charge in [-0.1, -0.05) is 0 Å². The van der Waals surface area contributed by atoms with Gasteiger partial charge in [-0.15, -0.1) is 0 Å². The van der Waals surface area contributed by atoms with Crippen LogP contribution in [0.2, 0.25) is 0 Å². The molecular formula is C18H23N3O3. The van der Waals surface area contributed by atoms with Crippen LogP contribution in [-0.2, 0) is 4.74 Å². The number of amides is 1. The molecule has 0 aliphatic carbocycles. The number of hydrogen-bond donors (Lipinski definition) is 3. The molecule has 6 nitrogen and oxygen atoms in total. The van der Waals surface area contributed by atoms with Crippen LogP contribution in [0.3, 0.4) is 0 Å². The van der Waals surface area contributed by atoms with Crippen LogP contribution < -0.4 is 5.32 Å². The fourth-order valence-electron chi connectivity index (χ4n) is 3.83. The van der Waals surface area contributed by atoms with Gasteiger partial charge in [-0.2, -0.15) is 0 Å². The molecule has 1 aromatic heterocycles. The Labute approximate surface area is 140 Å². The number of nitrogens with zero attached hydrogens (tertiary/aromatic N) is 1. The topological polar surface area (TPSA) is 77.6 Å². The van der Waals surface area contributed by atoms with Crippen LogP contribution in [-0.4, -0.2) is 65.4 Å². The van der Waals surface area contributed by atoms with Crippen LogP contribution in [0, 0.1) is 0 Å². The van der Waals surface area contributed by atoms with E-state index in [1.54, 1.807) is 0 Å². The minimum atomic E-state index is -0.0178. The first-order chi connectivity index (χ1) is 11.7. The zero-order valence-electron chi connectivity index (χ0n) is 13.6. The third-order valence-electron chi connectivity index (χ3n) is 5.09. The number of morpholine rings is 1. The van der Waals surface area contributed by atoms with E-state index in [4.69, 9.17) is 9.84 Å². The number of aromatic nitrogens is 1. The summed E-state index contributed by atoms with van der Waals surface area (Å²) in [5, 5.41) is 13.3. The highest BCUT2D eigenvalue weighted by atomic mass is 16.5. The number of aromatic amines is 1. The lowest BCUT2D eigenvalue weighted by atomic mass is 10.1. The molecule has 2 aliphatic rings. The average Bonchev–Trinajstić information content (AvgIpc) is 3.19. The number of H-pyrrole nitrogens is 1. The van der Waals surface area contributed by atoms with E-state index >= 15 is 0 Å². The molecule has 0 radical (unpaired) electrons. The third-order valence-corrected chi connectivity index (χ3v) is 5.09. The van der Waals surface area contributed by atoms with Crippen molar-refractivity contribution < 1.29 is 14.6 Å². The predicted octanol–water partition coefficient (Wildman–Crippen LogP) is 1.12. The molecule has 0 bridgehead atoms. The van der Waals surface area contributed by atoms with Crippen LogP contribution >= 0.6 is 0 Å². The molecule has 1 amide bonds. The molecule has 128 valence electrons. The van der Waals surface area contributed by atoms with Gasteiger partial charge < -0.3 is 20.1 Å². The summed E-state index contributed by atoms with van der Waals surface area (Å²) in [5.74, 6) is -0.0178. The first kappa shape index (κ1) is 15.6. The highest BCUT2D eigenvalue weighted by molar-refractivity contribution is 5.98. The Morgan fingerprint density at radius 1 is 1.38 bits per heavy atom. The van der Waals surface area contributed by atoms with Crippen molar-refractivity contribution >= 4 is 16.8 Å². The van der Waals surface area contributed by atoms with Gasteiger partial charge in [0.25, 0.3) is 5.91 Å². The summed E-state index contributed by atoms with van der Waals surface area (Å²) in [6, 6.07) is 8.22. The highest BCUT2D eigenvalue weighted by Crippen LogP contribution is 2.24. The van der Waals surface area contributed by atoms with E-state index in [-0.39, 0.29) is 24.7 Å². The molecule has 2 aromatic rings. The molecule has 24 heavy (non-hydrogen) atoms. The van der Waals surface area contributed by atoms with E-state index in [1.165, 1.54) is 0 Å². The van der Waals surface area contributed by atoms with Crippen molar-refractivity contribution in [1.82, 2.24) is 15.2 Å². The maximum Gasteiger partial charge on any atom is 0.251 e. The van der Waals surface area contributed by atoms with Gasteiger partial charge >= 0.3 is 0 Å². The minimum Gasteiger partial charge on any atom is -0.396 e. The number of rotatable bonds is 4. The number of aliphatic hydroxyl groups excluding tert-OH is 1. The van der Waals surface area contributed by atoms with Crippen molar-refractivity contribution in [2.75, 3.05) is 26.3 Å². The van der Waals surface area contributed by atoms with Gasteiger partial charge in [0, 0.05) is 54.4 Å². The molecular weight excluding hydrogens is 306 g/mol. The second-order valence-electron chi connectivity index (χ2n) is 6.76. The van der Waals surface area contributed by atoms with Crippen molar-refractivity contribution in [3.05, 3.63) is 36.0 Å². The van der Waals surface area contributed by atoms with Crippen molar-refractivity contribution in [2.24, 2.45) is 0 Å². The zero-order valence-corrected chi connectivity index (χ0v) is 13.6. The minimum absolute atomic E-state index is 0.0178. The SMILES string of the molecule is O=C(N[C@H]1C[C@H]2CO[C@@H](CCO)CN2C1)c1ccc2[nH]ccc2c1. The summed E-state index contributed by atoms with van der Waals surface area (Å²) in [4.78, 5) is 18.1. The van der Waals surface area contributed by atoms with Gasteiger partial charge in [0.15, 0.2) is 0 Å². The fourth-order valence-corrected chi connectivity index (χ4v) is 3.83. The standard InChI is InChI=1S/C18H23N3O3/c22-6-4-16-10-21-9-14(8-15(21)11-24-16)20-18(23)13-1-2-17-12(7-13)3-5-19-17/h1-3,5,7,14-16,19,22H,4,6,8-11H2,(H,20,23)/t14-,15-,16-/m0/s1. The molecule has 1 aromatic carbocycles. The number of aliphatic hydroxyl groups is 1. The summed E-state index contributed by atoms with van der Waals surface area (Å²) >= 11 is 0. The molecule has 0 saturated carbocycles. The van der Waals surface area contributed by atoms with E-state index in [0.29, 0.717) is 24.6 Å². The highest BCUT2D eigenvalue weighted by Gasteiger charge is 2.37. The number of carbonyl (C=O) groups excluding carboxylic acids is 1. The Morgan fingerprint density at radius 2 is 2.29 bits per heavy atom. The van der Waals surface area contributed by atoms with E-state index in [2.05, 4.69) is 15.2 Å². The molecule has 4 rings (SSSR count). The second-order valence-corrected chi connectivity index (χ2v) is 6.76. The summed E-state index contributed by atoms with van der Waals surface area (Å²) in [6.45, 7) is 2.54. The quantitative estimate of drug-likeness (QED) is 0.786. The van der Waals surface area contributed by atoms with Gasteiger partial charge in [0.2, 0.25) is 0 Å². The van der Waals surface area contributed by atoms with Crippen LogP contribution in [0.4, 0.5) is 0 Å². The number of benzene rings is 1. The van der Waals surface area contributed by atoms with Crippen LogP contribution in [0.1, 0.15) is 23.2 Å². The predicted molar refractivity (Wildman–Crippen MR) is 91.0 cm³/mol. The first-order valence-corrected chi connectivity index (χ1v) is 8.57. The number of fused-ring (bicyclic) bond motifs is 2. The van der Waals surface area contributed by atoms with Crippen molar-refractivity contribution in [1.29, 1.82) is 0 Å². The Hall–Kier alpha value is -1.89. The monoisotopic (exact) mass is 329 g/mol. The number of nitrogens with one attached hydrogen (secondary N) is 2. The largest absolute Gasteiger partial charge is 0.396 e. The Bertz CT molecular complexity index is 729. The van der Waals surface area contributed by atoms with Crippen LogP contribution in [0.5, 0.6) is 0 Å². The van der Waals surface area contributed by atoms with E-state index in [9.17, 15) is 4.79 Å². The number of hydrogen-bond acceptors (Lipinski definition) is 4. The molecule has 0 spiro atoms. The van der Waals surface area contributed by atoms with Crippen molar-refractivity contribution in [2.45, 2.75) is 31.0 Å². The second kappa shape index (κ2) is 6.55. The zero-order chi connectivity index (χ0) is 16.5. The lowest BCUT2D eigenvalue weighted by molar-refractivity contribution is -0.0566. The van der Waals surface area contributed by atoms with Gasteiger partial charge in [0.1, 0.15) is 0 Å². The van der Waals surface area contributed by atoms with E-state index in [0.717, 1.165) is 30.4 Å². The maximum atomic E-state index is 12.5. The maximum absolute atomic E-state index is 12.5. The average molecular weight is 329 g/mol. The molecule has 6 heteroatoms. The smallest absolute Gasteiger partial charge is 0.251 e. The Morgan fingerprint density at radius 3 is 3.17 bits per heavy atom. The molecule has 3 heterocycles. The summed E-state index contributed by atoms with van der Waals surface area (Å²) < 4.78 is 5.79. The Kier molecular flexibility index (Phi) is 4.26. The number of ether oxygens (including phenoxy) is 1. The van der Waals surface area contributed by atoms with Crippen LogP contribution in [0.15, 0.2) is 30.5 Å². The van der Waals surface area contributed by atoms with Crippen molar-refractivity contribution in [3.63, 3.8) is 0 Å². The van der Waals surface area contributed by atoms with Gasteiger partial charge in [0.05, 0.1) is 12.7 Å². The third kappa shape index (κ3) is 3.05. The fraction of sp³-hybridized carbons (Fsp3) is 0.500. The van der Waals surface area contributed by atoms with Gasteiger partial charge in [-0.3, -0.25) is 9.69 Å². The summed E-state index contributed by atoms with van der Waals surface area (Å²) in [6.07, 6.45) is 3.59. The molecule has 2 fully saturated rings. The lowest BCUT2D eigenvalue weighted by Gasteiger charge is -2.34. The molecule has 2 saturated heterocycles. The Balaban J connectivity index is 1.38. The molecule has 3 N–H and O–H groups in total. The lowest BCUT2D eigenvalue weighted by Crippen LogP contribution is -2.46. The van der Waals surface area contributed by atoms with Crippen molar-refractivity contribution in [3.8, 4) is 0 Å². The normalized spacial score (nSPS) is 27.3. The summed E-state index contributed by atoms with van der Waals surface area (Å²) in [7, 11) is 0. The first-order valence-electron chi connectivity index (χ1n) is 8.57. The van der Waals surface area contributed by atoms with Gasteiger partial charge in [-0.25, -0.2) is 0 Å². The molecule has 2 aliphatic heterocycles. The number of carbonyl (C=O) groups is 1. The van der Waals surface area contributed by atoms with Gasteiger partial charge in [-0.05, 0) is 37.1 Å². The van der Waals surface area contributed by atoms with Crippen LogP contribution in [0.25, 0.3) is 10.9 Å². The van der Waals surface area contributed by atoms with E-state index < -0.39 is 0 Å². The molecule has 0 unspecified atom stereocenters. The van der Waals surface area contributed by atoms with E-state index in [1.807, 2.05) is 30.5 Å².